The molecule has 25 heavy (non-hydrogen) atoms. The van der Waals surface area contributed by atoms with E-state index in [9.17, 15) is 4.79 Å². The number of benzene rings is 2. The third-order valence-electron chi connectivity index (χ3n) is 3.28. The van der Waals surface area contributed by atoms with Crippen LogP contribution in [0.4, 0.5) is 16.3 Å². The second kappa shape index (κ2) is 8.20. The van der Waals surface area contributed by atoms with Gasteiger partial charge >= 0.3 is 6.03 Å². The summed E-state index contributed by atoms with van der Waals surface area (Å²) < 4.78 is 0. The van der Waals surface area contributed by atoms with Gasteiger partial charge < -0.3 is 0 Å². The first-order valence-electron chi connectivity index (χ1n) is 7.37. The number of hydrazine groups is 1. The summed E-state index contributed by atoms with van der Waals surface area (Å²) in [7, 11) is 0. The number of urea groups is 1. The number of para-hydroxylation sites is 1. The lowest BCUT2D eigenvalue weighted by molar-refractivity contribution is 0.254. The molecular formula is C17H14Cl2N4OS. The smallest absolute Gasteiger partial charge is 0.297 e. The van der Waals surface area contributed by atoms with E-state index >= 15 is 0 Å². The Hall–Kier alpha value is -2.28. The normalized spacial score (nSPS) is 10.3. The van der Waals surface area contributed by atoms with Gasteiger partial charge in [0, 0.05) is 21.8 Å². The lowest BCUT2D eigenvalue weighted by atomic mass is 10.1. The van der Waals surface area contributed by atoms with Gasteiger partial charge in [0.15, 0.2) is 0 Å². The fraction of sp³-hybridized carbons (Fsp3) is 0.0588. The van der Waals surface area contributed by atoms with E-state index in [1.165, 1.54) is 11.3 Å². The van der Waals surface area contributed by atoms with Crippen molar-refractivity contribution in [3.63, 3.8) is 0 Å². The number of amides is 2. The highest BCUT2D eigenvalue weighted by molar-refractivity contribution is 7.10. The van der Waals surface area contributed by atoms with E-state index in [2.05, 4.69) is 21.2 Å². The van der Waals surface area contributed by atoms with Crippen LogP contribution in [0.2, 0.25) is 10.0 Å². The summed E-state index contributed by atoms with van der Waals surface area (Å²) in [5, 5.41) is 6.44. The number of anilines is 2. The predicted molar refractivity (Wildman–Crippen MR) is 104 cm³/mol. The number of halogens is 2. The summed E-state index contributed by atoms with van der Waals surface area (Å²) in [5.41, 5.74) is 6.96. The maximum atomic E-state index is 11.9. The predicted octanol–water partition coefficient (Wildman–Crippen LogP) is 5.19. The first-order valence-corrected chi connectivity index (χ1v) is 9.01. The Balaban J connectivity index is 1.57. The third kappa shape index (κ3) is 4.85. The van der Waals surface area contributed by atoms with E-state index in [1.54, 1.807) is 23.6 Å². The van der Waals surface area contributed by atoms with E-state index in [1.807, 2.05) is 30.3 Å². The molecule has 0 radical (unpaired) electrons. The molecule has 0 spiro atoms. The van der Waals surface area contributed by atoms with Gasteiger partial charge in [0.2, 0.25) is 0 Å². The number of carbonyl (C=O) groups excluding carboxylic acids is 1. The van der Waals surface area contributed by atoms with E-state index < -0.39 is 6.03 Å². The van der Waals surface area contributed by atoms with E-state index in [0.29, 0.717) is 22.3 Å². The molecule has 0 fully saturated rings. The zero-order valence-corrected chi connectivity index (χ0v) is 15.3. The monoisotopic (exact) mass is 392 g/mol. The number of thiazole rings is 1. The lowest BCUT2D eigenvalue weighted by Gasteiger charge is -2.08. The molecule has 1 aromatic heterocycles. The second-order valence-corrected chi connectivity index (χ2v) is 6.83. The largest absolute Gasteiger partial charge is 0.339 e. The molecule has 0 aliphatic rings. The van der Waals surface area contributed by atoms with Crippen molar-refractivity contribution in [2.24, 2.45) is 0 Å². The molecule has 3 rings (SSSR count). The first-order chi connectivity index (χ1) is 12.1. The highest BCUT2D eigenvalue weighted by Gasteiger charge is 2.11. The van der Waals surface area contributed by atoms with Crippen molar-refractivity contribution in [2.45, 2.75) is 6.42 Å². The number of hydrogen-bond donors (Lipinski definition) is 3. The van der Waals surface area contributed by atoms with Crippen molar-refractivity contribution in [2.75, 3.05) is 10.7 Å². The number of nitrogens with one attached hydrogen (secondary N) is 3. The minimum absolute atomic E-state index is 0.406. The van der Waals surface area contributed by atoms with Gasteiger partial charge in [-0.3, -0.25) is 16.2 Å². The van der Waals surface area contributed by atoms with Gasteiger partial charge in [0.1, 0.15) is 5.82 Å². The van der Waals surface area contributed by atoms with Crippen molar-refractivity contribution in [3.05, 3.63) is 74.5 Å². The molecule has 8 heteroatoms. The number of hydrogen-bond acceptors (Lipinski definition) is 4. The Labute approximate surface area is 159 Å². The van der Waals surface area contributed by atoms with Gasteiger partial charge in [-0.2, -0.15) is 0 Å². The summed E-state index contributed by atoms with van der Waals surface area (Å²) in [6.07, 6.45) is 0.509. The molecule has 0 saturated heterocycles. The fourth-order valence-electron chi connectivity index (χ4n) is 2.10. The molecule has 0 aliphatic carbocycles. The van der Waals surface area contributed by atoms with E-state index in [0.717, 1.165) is 16.3 Å². The van der Waals surface area contributed by atoms with Crippen LogP contribution in [-0.4, -0.2) is 11.0 Å². The number of carbonyl (C=O) groups is 1. The van der Waals surface area contributed by atoms with Crippen molar-refractivity contribution >= 4 is 52.1 Å². The Bertz CT molecular complexity index is 850. The number of rotatable bonds is 5. The van der Waals surface area contributed by atoms with Crippen LogP contribution in [0.25, 0.3) is 0 Å². The number of aromatic nitrogens is 1. The van der Waals surface area contributed by atoms with E-state index in [-0.39, 0.29) is 0 Å². The topological polar surface area (TPSA) is 66.1 Å². The molecule has 3 N–H and O–H groups in total. The molecule has 2 aromatic carbocycles. The summed E-state index contributed by atoms with van der Waals surface area (Å²) in [4.78, 5) is 16.3. The van der Waals surface area contributed by atoms with Crippen LogP contribution in [-0.2, 0) is 6.42 Å². The first kappa shape index (κ1) is 17.5. The molecule has 5 nitrogen and oxygen atoms in total. The molecule has 0 unspecified atom stereocenters. The van der Waals surface area contributed by atoms with Gasteiger partial charge in [0.05, 0.1) is 10.7 Å². The Morgan fingerprint density at radius 1 is 1.04 bits per heavy atom. The third-order valence-corrected chi connectivity index (χ3v) is 4.83. The van der Waals surface area contributed by atoms with Gasteiger partial charge in [-0.25, -0.2) is 9.78 Å². The van der Waals surface area contributed by atoms with Crippen LogP contribution in [0.5, 0.6) is 0 Å². The zero-order valence-electron chi connectivity index (χ0n) is 12.9. The highest BCUT2D eigenvalue weighted by Crippen LogP contribution is 2.28. The molecule has 3 aromatic rings. The Kier molecular flexibility index (Phi) is 5.75. The SMILES string of the molecule is O=C(NNc1ccccc1)Nc1csc(Cc2c(Cl)cccc2Cl)n1. The quantitative estimate of drug-likeness (QED) is 0.523. The Morgan fingerprint density at radius 3 is 2.48 bits per heavy atom. The molecular weight excluding hydrogens is 379 g/mol. The van der Waals surface area contributed by atoms with Crippen LogP contribution in [0.1, 0.15) is 10.6 Å². The molecule has 0 atom stereocenters. The van der Waals surface area contributed by atoms with Crippen molar-refractivity contribution in [1.29, 1.82) is 0 Å². The molecule has 2 amide bonds. The van der Waals surface area contributed by atoms with Gasteiger partial charge in [-0.15, -0.1) is 11.3 Å². The summed E-state index contributed by atoms with van der Waals surface area (Å²) in [6.45, 7) is 0. The molecule has 0 saturated carbocycles. The average molecular weight is 393 g/mol. The maximum absolute atomic E-state index is 11.9. The maximum Gasteiger partial charge on any atom is 0.339 e. The van der Waals surface area contributed by atoms with Crippen molar-refractivity contribution in [1.82, 2.24) is 10.4 Å². The Morgan fingerprint density at radius 2 is 1.76 bits per heavy atom. The minimum Gasteiger partial charge on any atom is -0.297 e. The zero-order chi connectivity index (χ0) is 17.6. The van der Waals surface area contributed by atoms with Gasteiger partial charge in [0.25, 0.3) is 0 Å². The lowest BCUT2D eigenvalue weighted by Crippen LogP contribution is -2.33. The van der Waals surface area contributed by atoms with Gasteiger partial charge in [-0.05, 0) is 29.8 Å². The number of nitrogens with zero attached hydrogens (tertiary/aromatic N) is 1. The molecule has 1 heterocycles. The van der Waals surface area contributed by atoms with Crippen LogP contribution >= 0.6 is 34.5 Å². The fourth-order valence-corrected chi connectivity index (χ4v) is 3.37. The summed E-state index contributed by atoms with van der Waals surface area (Å²) in [5.74, 6) is 0.468. The van der Waals surface area contributed by atoms with Crippen LogP contribution in [0, 0.1) is 0 Å². The molecule has 128 valence electrons. The van der Waals surface area contributed by atoms with Crippen LogP contribution in [0.15, 0.2) is 53.9 Å². The average Bonchev–Trinajstić information content (AvgIpc) is 3.04. The molecule has 0 aliphatic heterocycles. The standard InChI is InChI=1S/C17H14Cl2N4OS/c18-13-7-4-8-14(19)12(13)9-16-20-15(10-25-16)21-17(24)23-22-11-5-2-1-3-6-11/h1-8,10,22H,9H2,(H2,21,23,24). The summed E-state index contributed by atoms with van der Waals surface area (Å²) in [6, 6.07) is 14.3. The van der Waals surface area contributed by atoms with Crippen molar-refractivity contribution < 1.29 is 4.79 Å². The van der Waals surface area contributed by atoms with Crippen molar-refractivity contribution in [3.8, 4) is 0 Å². The minimum atomic E-state index is -0.406. The van der Waals surface area contributed by atoms with Crippen LogP contribution < -0.4 is 16.2 Å². The van der Waals surface area contributed by atoms with E-state index in [4.69, 9.17) is 23.2 Å². The van der Waals surface area contributed by atoms with Crippen LogP contribution in [0.3, 0.4) is 0 Å². The summed E-state index contributed by atoms with van der Waals surface area (Å²) >= 11 is 13.8. The van der Waals surface area contributed by atoms with Gasteiger partial charge in [-0.1, -0.05) is 47.5 Å². The molecule has 0 bridgehead atoms. The second-order valence-electron chi connectivity index (χ2n) is 5.07. The highest BCUT2D eigenvalue weighted by atomic mass is 35.5.